The smallest absolute Gasteiger partial charge is 0.0700 e. The van der Waals surface area contributed by atoms with Crippen molar-refractivity contribution in [2.45, 2.75) is 19.3 Å². The number of nitrogens with two attached hydrogens (primary N) is 1. The number of rotatable bonds is 7. The molecule has 2 N–H and O–H groups in total. The normalized spacial score (nSPS) is 14.5. The molecule has 0 saturated heterocycles. The Morgan fingerprint density at radius 1 is 1.26 bits per heavy atom. The van der Waals surface area contributed by atoms with Gasteiger partial charge in [-0.1, -0.05) is 6.07 Å². The molecule has 4 nitrogen and oxygen atoms in total. The molecule has 0 bridgehead atoms. The minimum absolute atomic E-state index is 0.670. The summed E-state index contributed by atoms with van der Waals surface area (Å²) in [5.41, 5.74) is 9.46. The summed E-state index contributed by atoms with van der Waals surface area (Å²) in [4.78, 5) is 2.43. The zero-order valence-electron chi connectivity index (χ0n) is 11.7. The molecule has 0 radical (unpaired) electrons. The Morgan fingerprint density at radius 3 is 3.00 bits per heavy atom. The zero-order valence-corrected chi connectivity index (χ0v) is 11.7. The summed E-state index contributed by atoms with van der Waals surface area (Å²) in [5.74, 6) is 0. The van der Waals surface area contributed by atoms with Crippen molar-refractivity contribution < 1.29 is 9.47 Å². The Balaban J connectivity index is 1.80. The average Bonchev–Trinajstić information content (AvgIpc) is 2.43. The van der Waals surface area contributed by atoms with Gasteiger partial charge in [-0.3, -0.25) is 0 Å². The molecule has 106 valence electrons. The molecule has 0 atom stereocenters. The third kappa shape index (κ3) is 4.11. The summed E-state index contributed by atoms with van der Waals surface area (Å²) in [7, 11) is 1.69. The molecular formula is C15H24N2O2. The fraction of sp³-hybridized carbons (Fsp3) is 0.600. The highest BCUT2D eigenvalue weighted by atomic mass is 16.5. The van der Waals surface area contributed by atoms with E-state index in [0.29, 0.717) is 13.2 Å². The lowest BCUT2D eigenvalue weighted by atomic mass is 10.0. The van der Waals surface area contributed by atoms with Gasteiger partial charge >= 0.3 is 0 Å². The van der Waals surface area contributed by atoms with E-state index in [0.717, 1.165) is 38.2 Å². The number of hydrogen-bond acceptors (Lipinski definition) is 4. The van der Waals surface area contributed by atoms with Crippen molar-refractivity contribution in [2.75, 3.05) is 50.7 Å². The second kappa shape index (κ2) is 7.36. The van der Waals surface area contributed by atoms with Gasteiger partial charge in [0.25, 0.3) is 0 Å². The number of nitrogens with zero attached hydrogens (tertiary/aromatic N) is 1. The van der Waals surface area contributed by atoms with Crippen molar-refractivity contribution in [2.24, 2.45) is 0 Å². The predicted molar refractivity (Wildman–Crippen MR) is 78.7 cm³/mol. The largest absolute Gasteiger partial charge is 0.399 e. The number of aryl methyl sites for hydroxylation is 1. The summed E-state index contributed by atoms with van der Waals surface area (Å²) in [6.07, 6.45) is 3.43. The number of benzene rings is 1. The summed E-state index contributed by atoms with van der Waals surface area (Å²) < 4.78 is 10.4. The quantitative estimate of drug-likeness (QED) is 0.605. The van der Waals surface area contributed by atoms with Gasteiger partial charge < -0.3 is 20.1 Å². The van der Waals surface area contributed by atoms with Crippen LogP contribution >= 0.6 is 0 Å². The number of methoxy groups -OCH3 is 1. The van der Waals surface area contributed by atoms with Gasteiger partial charge in [-0.2, -0.15) is 0 Å². The van der Waals surface area contributed by atoms with Crippen LogP contribution in [0.5, 0.6) is 0 Å². The first-order valence-corrected chi connectivity index (χ1v) is 7.01. The lowest BCUT2D eigenvalue weighted by Crippen LogP contribution is -2.31. The molecule has 0 unspecified atom stereocenters. The molecular weight excluding hydrogens is 240 g/mol. The Labute approximate surface area is 115 Å². The molecule has 0 spiro atoms. The van der Waals surface area contributed by atoms with E-state index in [-0.39, 0.29) is 0 Å². The van der Waals surface area contributed by atoms with E-state index in [1.165, 1.54) is 17.7 Å². The lowest BCUT2D eigenvalue weighted by molar-refractivity contribution is 0.0700. The molecule has 0 aliphatic carbocycles. The second-order valence-electron chi connectivity index (χ2n) is 4.94. The van der Waals surface area contributed by atoms with E-state index >= 15 is 0 Å². The lowest BCUT2D eigenvalue weighted by Gasteiger charge is -2.31. The first-order valence-electron chi connectivity index (χ1n) is 7.01. The van der Waals surface area contributed by atoms with Gasteiger partial charge in [0.15, 0.2) is 0 Å². The van der Waals surface area contributed by atoms with Crippen LogP contribution in [0.1, 0.15) is 18.4 Å². The summed E-state index contributed by atoms with van der Waals surface area (Å²) >= 11 is 0. The number of anilines is 2. The number of ether oxygens (including phenoxy) is 2. The van der Waals surface area contributed by atoms with Crippen LogP contribution < -0.4 is 10.6 Å². The van der Waals surface area contributed by atoms with Gasteiger partial charge in [0.1, 0.15) is 0 Å². The Bertz CT molecular complexity index is 396. The monoisotopic (exact) mass is 264 g/mol. The first kappa shape index (κ1) is 14.2. The minimum atomic E-state index is 0.670. The van der Waals surface area contributed by atoms with Crippen LogP contribution in [0.3, 0.4) is 0 Å². The van der Waals surface area contributed by atoms with Crippen molar-refractivity contribution in [3.05, 3.63) is 23.8 Å². The van der Waals surface area contributed by atoms with Crippen LogP contribution in [0.15, 0.2) is 18.2 Å². The third-order valence-corrected chi connectivity index (χ3v) is 3.47. The highest BCUT2D eigenvalue weighted by molar-refractivity contribution is 5.62. The molecule has 0 amide bonds. The summed E-state index contributed by atoms with van der Waals surface area (Å²) in [5, 5.41) is 0. The zero-order chi connectivity index (χ0) is 13.5. The molecule has 0 saturated carbocycles. The highest BCUT2D eigenvalue weighted by Gasteiger charge is 2.16. The summed E-state index contributed by atoms with van der Waals surface area (Å²) in [6, 6.07) is 6.25. The van der Waals surface area contributed by atoms with Crippen molar-refractivity contribution in [3.63, 3.8) is 0 Å². The van der Waals surface area contributed by atoms with Gasteiger partial charge in [-0.05, 0) is 37.0 Å². The van der Waals surface area contributed by atoms with Crippen LogP contribution in [0, 0.1) is 0 Å². The van der Waals surface area contributed by atoms with Crippen molar-refractivity contribution >= 4 is 11.4 Å². The molecule has 1 aromatic carbocycles. The molecule has 1 aliphatic heterocycles. The molecule has 19 heavy (non-hydrogen) atoms. The maximum absolute atomic E-state index is 5.89. The summed E-state index contributed by atoms with van der Waals surface area (Å²) in [6.45, 7) is 4.29. The average molecular weight is 264 g/mol. The van der Waals surface area contributed by atoms with Gasteiger partial charge in [0.2, 0.25) is 0 Å². The topological polar surface area (TPSA) is 47.7 Å². The maximum atomic E-state index is 5.89. The van der Waals surface area contributed by atoms with Crippen molar-refractivity contribution in [3.8, 4) is 0 Å². The molecule has 1 aliphatic rings. The van der Waals surface area contributed by atoms with Gasteiger partial charge in [0, 0.05) is 38.2 Å². The second-order valence-corrected chi connectivity index (χ2v) is 4.94. The fourth-order valence-electron chi connectivity index (χ4n) is 2.50. The molecule has 4 heteroatoms. The van der Waals surface area contributed by atoms with E-state index < -0.39 is 0 Å². The van der Waals surface area contributed by atoms with Gasteiger partial charge in [-0.15, -0.1) is 0 Å². The molecule has 2 rings (SSSR count). The Kier molecular flexibility index (Phi) is 5.48. The molecule has 0 aromatic heterocycles. The van der Waals surface area contributed by atoms with Crippen molar-refractivity contribution in [1.29, 1.82) is 0 Å². The Morgan fingerprint density at radius 2 is 2.16 bits per heavy atom. The number of hydrogen-bond donors (Lipinski definition) is 1. The van der Waals surface area contributed by atoms with Crippen LogP contribution in [-0.4, -0.2) is 40.0 Å². The van der Waals surface area contributed by atoms with E-state index in [1.54, 1.807) is 7.11 Å². The number of fused-ring (bicyclic) bond motifs is 1. The van der Waals surface area contributed by atoms with Crippen LogP contribution in [0.25, 0.3) is 0 Å². The number of nitrogen functional groups attached to an aromatic ring is 1. The third-order valence-electron chi connectivity index (χ3n) is 3.47. The fourth-order valence-corrected chi connectivity index (χ4v) is 2.50. The standard InChI is InChI=1S/C15H24N2O2/c1-18-10-11-19-9-3-8-17-7-2-4-13-5-6-14(16)12-15(13)17/h5-6,12H,2-4,7-11,16H2,1H3. The highest BCUT2D eigenvalue weighted by Crippen LogP contribution is 2.29. The van der Waals surface area contributed by atoms with Crippen LogP contribution in [0.4, 0.5) is 11.4 Å². The van der Waals surface area contributed by atoms with Gasteiger partial charge in [0.05, 0.1) is 13.2 Å². The van der Waals surface area contributed by atoms with E-state index in [2.05, 4.69) is 17.0 Å². The molecule has 1 aromatic rings. The van der Waals surface area contributed by atoms with E-state index in [4.69, 9.17) is 15.2 Å². The Hall–Kier alpha value is -1.26. The van der Waals surface area contributed by atoms with Gasteiger partial charge in [-0.25, -0.2) is 0 Å². The molecule has 1 heterocycles. The van der Waals surface area contributed by atoms with Crippen LogP contribution in [-0.2, 0) is 15.9 Å². The first-order chi connectivity index (χ1) is 9.31. The molecule has 0 fully saturated rings. The van der Waals surface area contributed by atoms with E-state index in [9.17, 15) is 0 Å². The van der Waals surface area contributed by atoms with Crippen LogP contribution in [0.2, 0.25) is 0 Å². The van der Waals surface area contributed by atoms with E-state index in [1.807, 2.05) is 6.07 Å². The maximum Gasteiger partial charge on any atom is 0.0700 e. The minimum Gasteiger partial charge on any atom is -0.399 e. The predicted octanol–water partition coefficient (Wildman–Crippen LogP) is 2.07. The van der Waals surface area contributed by atoms with Crippen molar-refractivity contribution in [1.82, 2.24) is 0 Å². The SMILES string of the molecule is COCCOCCCN1CCCc2ccc(N)cc21.